The van der Waals surface area contributed by atoms with Gasteiger partial charge in [-0.1, -0.05) is 6.07 Å². The molecule has 25 heavy (non-hydrogen) atoms. The minimum atomic E-state index is -3.61. The number of aromatic nitrogens is 5. The third-order valence-electron chi connectivity index (χ3n) is 4.28. The van der Waals surface area contributed by atoms with Crippen LogP contribution in [0.15, 0.2) is 46.9 Å². The van der Waals surface area contributed by atoms with E-state index in [1.807, 2.05) is 0 Å². The second-order valence-corrected chi connectivity index (χ2v) is 7.79. The molecule has 0 aromatic carbocycles. The van der Waals surface area contributed by atoms with Crippen molar-refractivity contribution in [3.8, 4) is 0 Å². The second kappa shape index (κ2) is 6.01. The average molecular weight is 361 g/mol. The van der Waals surface area contributed by atoms with Crippen molar-refractivity contribution >= 4 is 15.9 Å². The molecule has 2 aromatic heterocycles. The number of pyridine rings is 1. The first-order valence-corrected chi connectivity index (χ1v) is 9.07. The van der Waals surface area contributed by atoms with Crippen molar-refractivity contribution in [3.05, 3.63) is 41.9 Å². The lowest BCUT2D eigenvalue weighted by Crippen LogP contribution is -2.38. The van der Waals surface area contributed by atoms with Gasteiger partial charge in [-0.05, 0) is 33.7 Å². The first-order chi connectivity index (χ1) is 12.0. The normalized spacial score (nSPS) is 18.0. The molecule has 0 saturated heterocycles. The van der Waals surface area contributed by atoms with Crippen molar-refractivity contribution in [2.24, 2.45) is 0 Å². The molecule has 0 aliphatic carbocycles. The fraction of sp³-hybridized carbons (Fsp3) is 0.357. The quantitative estimate of drug-likeness (QED) is 0.636. The van der Waals surface area contributed by atoms with Crippen LogP contribution in [0.5, 0.6) is 0 Å². The molecule has 2 aliphatic heterocycles. The summed E-state index contributed by atoms with van der Waals surface area (Å²) in [5.41, 5.74) is 1.95. The van der Waals surface area contributed by atoms with Gasteiger partial charge in [0.05, 0.1) is 0 Å². The van der Waals surface area contributed by atoms with Gasteiger partial charge in [0, 0.05) is 32.4 Å². The van der Waals surface area contributed by atoms with Gasteiger partial charge in [0.1, 0.15) is 12.9 Å². The van der Waals surface area contributed by atoms with Gasteiger partial charge in [-0.3, -0.25) is 4.79 Å². The van der Waals surface area contributed by atoms with E-state index in [2.05, 4.69) is 20.5 Å². The number of sulfonamides is 1. The lowest BCUT2D eigenvalue weighted by molar-refractivity contribution is -0.130. The van der Waals surface area contributed by atoms with E-state index in [1.165, 1.54) is 27.6 Å². The fourth-order valence-electron chi connectivity index (χ4n) is 3.02. The maximum atomic E-state index is 12.6. The van der Waals surface area contributed by atoms with Crippen molar-refractivity contribution in [1.29, 1.82) is 0 Å². The maximum absolute atomic E-state index is 12.6. The van der Waals surface area contributed by atoms with Gasteiger partial charge >= 0.3 is 0 Å². The highest BCUT2D eigenvalue weighted by Gasteiger charge is 2.38. The molecule has 2 aliphatic rings. The van der Waals surface area contributed by atoms with Crippen LogP contribution in [0, 0.1) is 0 Å². The molecule has 0 saturated carbocycles. The van der Waals surface area contributed by atoms with Crippen LogP contribution >= 0.6 is 0 Å². The molecule has 2 aromatic rings. The molecule has 4 heterocycles. The van der Waals surface area contributed by atoms with Crippen LogP contribution in [-0.2, 0) is 21.4 Å². The predicted molar refractivity (Wildman–Crippen MR) is 84.4 cm³/mol. The summed E-state index contributed by atoms with van der Waals surface area (Å²) in [6, 6.07) is 4.81. The second-order valence-electron chi connectivity index (χ2n) is 5.91. The summed E-state index contributed by atoms with van der Waals surface area (Å²) >= 11 is 0. The number of amides is 1. The molecule has 0 unspecified atom stereocenters. The van der Waals surface area contributed by atoms with E-state index in [4.69, 9.17) is 0 Å². The molecule has 130 valence electrons. The van der Waals surface area contributed by atoms with Gasteiger partial charge in [-0.25, -0.2) is 18.1 Å². The minimum Gasteiger partial charge on any atom is -0.333 e. The number of hydrogen-bond donors (Lipinski definition) is 0. The van der Waals surface area contributed by atoms with E-state index in [1.54, 1.807) is 17.0 Å². The summed E-state index contributed by atoms with van der Waals surface area (Å²) in [6.45, 7) is 1.53. The Morgan fingerprint density at radius 3 is 2.48 bits per heavy atom. The van der Waals surface area contributed by atoms with Crippen LogP contribution in [-0.4, -0.2) is 74.9 Å². The zero-order valence-corrected chi connectivity index (χ0v) is 14.0. The summed E-state index contributed by atoms with van der Waals surface area (Å²) in [4.78, 5) is 17.9. The Morgan fingerprint density at radius 1 is 1.12 bits per heavy atom. The van der Waals surface area contributed by atoms with Crippen LogP contribution in [0.4, 0.5) is 0 Å². The highest BCUT2D eigenvalue weighted by atomic mass is 32.2. The molecule has 0 N–H and O–H groups in total. The molecule has 10 nitrogen and oxygen atoms in total. The summed E-state index contributed by atoms with van der Waals surface area (Å²) in [6.07, 6.45) is 2.85. The van der Waals surface area contributed by atoms with Crippen LogP contribution in [0.2, 0.25) is 0 Å². The standard InChI is InChI=1S/C14H15N7O3S/c22-14(9-20-10-16-17-18-20)19-5-11-7-21(8-12(11)6-19)25(23,24)13-3-1-2-4-15-13/h1-4,10H,5-9H2. The Balaban J connectivity index is 1.40. The fourth-order valence-corrected chi connectivity index (χ4v) is 4.38. The highest BCUT2D eigenvalue weighted by molar-refractivity contribution is 7.89. The molecular weight excluding hydrogens is 346 g/mol. The molecular formula is C14H15N7O3S. The summed E-state index contributed by atoms with van der Waals surface area (Å²) < 4.78 is 28.0. The van der Waals surface area contributed by atoms with Gasteiger partial charge in [0.15, 0.2) is 5.03 Å². The largest absolute Gasteiger partial charge is 0.333 e. The van der Waals surface area contributed by atoms with E-state index in [9.17, 15) is 13.2 Å². The summed E-state index contributed by atoms with van der Waals surface area (Å²) in [7, 11) is -3.61. The molecule has 4 rings (SSSR count). The van der Waals surface area contributed by atoms with Crippen LogP contribution in [0.1, 0.15) is 0 Å². The van der Waals surface area contributed by atoms with Crippen LogP contribution in [0.3, 0.4) is 0 Å². The van der Waals surface area contributed by atoms with Gasteiger partial charge < -0.3 is 4.90 Å². The van der Waals surface area contributed by atoms with E-state index < -0.39 is 10.0 Å². The number of nitrogens with zero attached hydrogens (tertiary/aromatic N) is 7. The molecule has 0 spiro atoms. The summed E-state index contributed by atoms with van der Waals surface area (Å²) in [5.74, 6) is -0.0965. The Hall–Kier alpha value is -2.66. The van der Waals surface area contributed by atoms with Crippen LogP contribution < -0.4 is 0 Å². The molecule has 0 atom stereocenters. The third kappa shape index (κ3) is 2.91. The average Bonchev–Trinajstić information content (AvgIpc) is 3.31. The Morgan fingerprint density at radius 2 is 1.88 bits per heavy atom. The van der Waals surface area contributed by atoms with Crippen molar-refractivity contribution in [2.75, 3.05) is 26.2 Å². The molecule has 11 heteroatoms. The molecule has 0 bridgehead atoms. The van der Waals surface area contributed by atoms with Crippen molar-refractivity contribution in [2.45, 2.75) is 11.6 Å². The van der Waals surface area contributed by atoms with Gasteiger partial charge in [-0.2, -0.15) is 4.31 Å². The number of carbonyl (C=O) groups excluding carboxylic acids is 1. The SMILES string of the molecule is O=C(Cn1cnnn1)N1CC2=C(C1)CN(S(=O)(=O)c1ccccn1)C2. The van der Waals surface area contributed by atoms with Gasteiger partial charge in [0.2, 0.25) is 5.91 Å². The number of tetrazole rings is 1. The lowest BCUT2D eigenvalue weighted by Gasteiger charge is -2.22. The van der Waals surface area contributed by atoms with Crippen molar-refractivity contribution in [1.82, 2.24) is 34.4 Å². The molecule has 0 fully saturated rings. The van der Waals surface area contributed by atoms with E-state index in [0.717, 1.165) is 11.1 Å². The molecule has 1 amide bonds. The number of carbonyl (C=O) groups is 1. The number of hydrogen-bond acceptors (Lipinski definition) is 7. The van der Waals surface area contributed by atoms with Gasteiger partial charge in [0.25, 0.3) is 10.0 Å². The number of rotatable bonds is 4. The monoisotopic (exact) mass is 361 g/mol. The predicted octanol–water partition coefficient (Wildman–Crippen LogP) is -1.09. The maximum Gasteiger partial charge on any atom is 0.261 e. The zero-order valence-electron chi connectivity index (χ0n) is 13.2. The highest BCUT2D eigenvalue weighted by Crippen LogP contribution is 2.29. The first-order valence-electron chi connectivity index (χ1n) is 7.63. The summed E-state index contributed by atoms with van der Waals surface area (Å²) in [5, 5.41) is 10.7. The van der Waals surface area contributed by atoms with E-state index in [0.29, 0.717) is 26.2 Å². The van der Waals surface area contributed by atoms with Crippen LogP contribution in [0.25, 0.3) is 0 Å². The topological polar surface area (TPSA) is 114 Å². The van der Waals surface area contributed by atoms with Gasteiger partial charge in [-0.15, -0.1) is 5.10 Å². The minimum absolute atomic E-state index is 0.0442. The van der Waals surface area contributed by atoms with E-state index in [-0.39, 0.29) is 17.5 Å². The third-order valence-corrected chi connectivity index (χ3v) is 5.99. The van der Waals surface area contributed by atoms with Crippen molar-refractivity contribution in [3.63, 3.8) is 0 Å². The Kier molecular flexibility index (Phi) is 3.81. The Bertz CT molecular complexity index is 907. The molecule has 0 radical (unpaired) electrons. The van der Waals surface area contributed by atoms with E-state index >= 15 is 0 Å². The smallest absolute Gasteiger partial charge is 0.261 e. The van der Waals surface area contributed by atoms with Crippen molar-refractivity contribution < 1.29 is 13.2 Å². The lowest BCUT2D eigenvalue weighted by atomic mass is 10.2. The Labute approximate surface area is 143 Å². The zero-order chi connectivity index (χ0) is 17.4. The first kappa shape index (κ1) is 15.8.